The van der Waals surface area contributed by atoms with E-state index in [0.717, 1.165) is 41.1 Å². The fourth-order valence-corrected chi connectivity index (χ4v) is 6.93. The van der Waals surface area contributed by atoms with Crippen LogP contribution in [0.3, 0.4) is 0 Å². The summed E-state index contributed by atoms with van der Waals surface area (Å²) in [6, 6.07) is 42.0. The van der Waals surface area contributed by atoms with Gasteiger partial charge in [0, 0.05) is 63.5 Å². The van der Waals surface area contributed by atoms with E-state index in [1.165, 1.54) is 45.9 Å². The maximum Gasteiger partial charge on any atom is 0.416 e. The van der Waals surface area contributed by atoms with Crippen molar-refractivity contribution in [2.45, 2.75) is 45.6 Å². The highest BCUT2D eigenvalue weighted by molar-refractivity contribution is 5.96. The Labute approximate surface area is 350 Å². The Bertz CT molecular complexity index is 2290. The number of aromatic nitrogens is 1. The molecule has 0 saturated carbocycles. The summed E-state index contributed by atoms with van der Waals surface area (Å²) in [5.41, 5.74) is 6.80. The minimum absolute atomic E-state index is 0.0848. The second kappa shape index (κ2) is 20.4. The van der Waals surface area contributed by atoms with Crippen LogP contribution >= 0.6 is 0 Å². The first-order valence-electron chi connectivity index (χ1n) is 19.9. The lowest BCUT2D eigenvalue weighted by Gasteiger charge is -2.39. The van der Waals surface area contributed by atoms with Crippen molar-refractivity contribution in [3.63, 3.8) is 0 Å². The van der Waals surface area contributed by atoms with E-state index in [0.29, 0.717) is 31.7 Å². The van der Waals surface area contributed by atoms with Gasteiger partial charge in [-0.05, 0) is 89.7 Å². The maximum absolute atomic E-state index is 14.5. The summed E-state index contributed by atoms with van der Waals surface area (Å²) in [5.74, 6) is -0.580. The van der Waals surface area contributed by atoms with E-state index < -0.39 is 23.7 Å². The minimum Gasteiger partial charge on any atom is -0.508 e. The number of amides is 2. The van der Waals surface area contributed by atoms with E-state index in [4.69, 9.17) is 0 Å². The number of nitrogens with zero attached hydrogens (tertiary/aromatic N) is 4. The minimum atomic E-state index is -4.48. The van der Waals surface area contributed by atoms with Crippen molar-refractivity contribution in [2.75, 3.05) is 26.2 Å². The lowest BCUT2D eigenvalue weighted by Crippen LogP contribution is -2.56. The van der Waals surface area contributed by atoms with E-state index in [9.17, 15) is 27.9 Å². The number of carbonyl (C=O) groups excluding carboxylic acids is 2. The summed E-state index contributed by atoms with van der Waals surface area (Å²) in [7, 11) is 0. The average Bonchev–Trinajstić information content (AvgIpc) is 3.27. The van der Waals surface area contributed by atoms with Gasteiger partial charge in [-0.25, -0.2) is 0 Å². The molecular formula is C50H49F3N4O3. The van der Waals surface area contributed by atoms with Crippen LogP contribution in [-0.4, -0.2) is 68.8 Å². The second-order valence-electron chi connectivity index (χ2n) is 14.9. The number of hydrogen-bond donors (Lipinski definition) is 1. The first kappa shape index (κ1) is 43.1. The van der Waals surface area contributed by atoms with Crippen LogP contribution < -0.4 is 0 Å². The maximum atomic E-state index is 14.5. The van der Waals surface area contributed by atoms with Gasteiger partial charge in [0.05, 0.1) is 11.3 Å². The van der Waals surface area contributed by atoms with E-state index in [1.807, 2.05) is 60.7 Å². The number of halogens is 3. The van der Waals surface area contributed by atoms with Crippen molar-refractivity contribution in [2.24, 2.45) is 0 Å². The molecule has 0 radical (unpaired) electrons. The highest BCUT2D eigenvalue weighted by atomic mass is 19.4. The van der Waals surface area contributed by atoms with E-state index in [-0.39, 0.29) is 24.6 Å². The molecule has 1 N–H and O–H groups in total. The summed E-state index contributed by atoms with van der Waals surface area (Å²) in [6.45, 7) is 7.42. The van der Waals surface area contributed by atoms with Crippen molar-refractivity contribution in [1.82, 2.24) is 19.7 Å². The van der Waals surface area contributed by atoms with Crippen LogP contribution in [0.2, 0.25) is 0 Å². The third-order valence-corrected chi connectivity index (χ3v) is 10.6. The predicted molar refractivity (Wildman–Crippen MR) is 231 cm³/mol. The number of alkyl halides is 3. The molecule has 0 aliphatic carbocycles. The Morgan fingerprint density at radius 1 is 0.717 bits per heavy atom. The lowest BCUT2D eigenvalue weighted by atomic mass is 10.0. The van der Waals surface area contributed by atoms with E-state index in [1.54, 1.807) is 35.4 Å². The molecule has 1 aliphatic rings. The van der Waals surface area contributed by atoms with Crippen molar-refractivity contribution in [3.05, 3.63) is 197 Å². The van der Waals surface area contributed by atoms with Gasteiger partial charge >= 0.3 is 6.18 Å². The molecule has 0 bridgehead atoms. The quantitative estimate of drug-likeness (QED) is 0.132. The number of aryl methyl sites for hydroxylation is 2. The molecule has 5 aromatic carbocycles. The molecule has 7 nitrogen and oxygen atoms in total. The number of phenolic OH excluding ortho intramolecular Hbond substituents is 1. The van der Waals surface area contributed by atoms with Gasteiger partial charge in [-0.15, -0.1) is 0 Å². The van der Waals surface area contributed by atoms with Crippen LogP contribution in [-0.2, 0) is 35.3 Å². The van der Waals surface area contributed by atoms with Crippen LogP contribution in [0.25, 0.3) is 17.3 Å². The van der Waals surface area contributed by atoms with Crippen LogP contribution in [0.4, 0.5) is 13.2 Å². The lowest BCUT2D eigenvalue weighted by molar-refractivity contribution is -0.145. The van der Waals surface area contributed by atoms with Gasteiger partial charge in [0.15, 0.2) is 0 Å². The molecule has 1 fully saturated rings. The van der Waals surface area contributed by atoms with Gasteiger partial charge in [-0.2, -0.15) is 13.2 Å². The molecule has 0 unspecified atom stereocenters. The number of phenols is 1. The molecule has 1 aromatic heterocycles. The SMILES string of the molecule is Cc1ccccc1C.O=C([C@H](Cc1ccc(O)cc1)N(Cc1ccc(-c2ccccn2)cc1)C(=O)/C=C/c1ccc(C(F)(F)F)cc1)N1CCN(Cc2ccccc2)CC1. The largest absolute Gasteiger partial charge is 0.508 e. The van der Waals surface area contributed by atoms with Crippen LogP contribution in [0.5, 0.6) is 5.75 Å². The molecule has 60 heavy (non-hydrogen) atoms. The third-order valence-electron chi connectivity index (χ3n) is 10.6. The number of pyridine rings is 1. The number of benzene rings is 5. The molecule has 2 amide bonds. The van der Waals surface area contributed by atoms with E-state index in [2.05, 4.69) is 60.1 Å². The summed E-state index contributed by atoms with van der Waals surface area (Å²) in [6.07, 6.45) is 0.197. The van der Waals surface area contributed by atoms with Gasteiger partial charge in [-0.1, -0.05) is 109 Å². The smallest absolute Gasteiger partial charge is 0.416 e. The molecule has 308 valence electrons. The number of piperazine rings is 1. The van der Waals surface area contributed by atoms with Gasteiger partial charge < -0.3 is 14.9 Å². The molecular weight excluding hydrogens is 762 g/mol. The van der Waals surface area contributed by atoms with Crippen molar-refractivity contribution in [1.29, 1.82) is 0 Å². The van der Waals surface area contributed by atoms with E-state index >= 15 is 0 Å². The standard InChI is InChI=1S/C42H39F3N4O3.C8H10/c43-42(44,45)36-18-11-31(12-19-36)15-22-40(51)49(30-34-9-16-35(17-10-34)38-8-4-5-23-46-38)39(28-32-13-20-37(50)21-14-32)41(52)48-26-24-47(25-27-48)29-33-6-2-1-3-7-33;1-7-5-3-4-6-8(7)2/h1-23,39,50H,24-30H2;3-6H,1-2H3/b22-15+;/t39-;/m0./s1. The fourth-order valence-electron chi connectivity index (χ4n) is 6.93. The second-order valence-corrected chi connectivity index (χ2v) is 14.9. The topological polar surface area (TPSA) is 77.0 Å². The molecule has 7 rings (SSSR count). The Hall–Kier alpha value is -6.52. The molecule has 10 heteroatoms. The molecule has 1 aliphatic heterocycles. The molecule has 1 saturated heterocycles. The molecule has 0 spiro atoms. The number of carbonyl (C=O) groups is 2. The Balaban J connectivity index is 0.000000676. The molecule has 2 heterocycles. The van der Waals surface area contributed by atoms with Gasteiger partial charge in [0.2, 0.25) is 11.8 Å². The normalized spacial score (nSPS) is 13.7. The number of hydrogen-bond acceptors (Lipinski definition) is 5. The van der Waals surface area contributed by atoms with Gasteiger partial charge in [-0.3, -0.25) is 19.5 Å². The van der Waals surface area contributed by atoms with Crippen LogP contribution in [0, 0.1) is 13.8 Å². The van der Waals surface area contributed by atoms with Gasteiger partial charge in [0.25, 0.3) is 0 Å². The van der Waals surface area contributed by atoms with Crippen molar-refractivity contribution >= 4 is 17.9 Å². The zero-order valence-electron chi connectivity index (χ0n) is 33.8. The summed E-state index contributed by atoms with van der Waals surface area (Å²) in [4.78, 5) is 38.8. The van der Waals surface area contributed by atoms with Crippen LogP contribution in [0.1, 0.15) is 38.9 Å². The highest BCUT2D eigenvalue weighted by Crippen LogP contribution is 2.29. The van der Waals surface area contributed by atoms with Crippen molar-refractivity contribution < 1.29 is 27.9 Å². The Kier molecular flexibility index (Phi) is 14.7. The molecule has 1 atom stereocenters. The first-order chi connectivity index (χ1) is 28.9. The number of aromatic hydroxyl groups is 1. The van der Waals surface area contributed by atoms with Gasteiger partial charge in [0.1, 0.15) is 11.8 Å². The fraction of sp³-hybridized carbons (Fsp3) is 0.220. The first-order valence-corrected chi connectivity index (χ1v) is 19.9. The number of rotatable bonds is 11. The monoisotopic (exact) mass is 810 g/mol. The highest BCUT2D eigenvalue weighted by Gasteiger charge is 2.34. The summed E-state index contributed by atoms with van der Waals surface area (Å²) < 4.78 is 39.5. The zero-order chi connectivity index (χ0) is 42.5. The summed E-state index contributed by atoms with van der Waals surface area (Å²) in [5, 5.41) is 9.95. The Morgan fingerprint density at radius 2 is 1.32 bits per heavy atom. The third kappa shape index (κ3) is 12.3. The summed E-state index contributed by atoms with van der Waals surface area (Å²) >= 11 is 0. The molecule has 6 aromatic rings. The zero-order valence-corrected chi connectivity index (χ0v) is 33.8. The van der Waals surface area contributed by atoms with Crippen molar-refractivity contribution in [3.8, 4) is 17.0 Å². The Morgan fingerprint density at radius 3 is 1.90 bits per heavy atom. The predicted octanol–water partition coefficient (Wildman–Crippen LogP) is 9.77. The average molecular weight is 811 g/mol. The van der Waals surface area contributed by atoms with Crippen LogP contribution in [0.15, 0.2) is 158 Å².